The monoisotopic (exact) mass is 374 g/mol. The number of halogens is 2. The van der Waals surface area contributed by atoms with Gasteiger partial charge in [-0.1, -0.05) is 29.3 Å². The Morgan fingerprint density at radius 1 is 1.16 bits per heavy atom. The van der Waals surface area contributed by atoms with Gasteiger partial charge in [-0.2, -0.15) is 5.10 Å². The van der Waals surface area contributed by atoms with Crippen LogP contribution < -0.4 is 10.6 Å². The summed E-state index contributed by atoms with van der Waals surface area (Å²) >= 11 is 12.4. The lowest BCUT2D eigenvalue weighted by Crippen LogP contribution is -2.22. The topological polar surface area (TPSA) is 59.0 Å². The molecular formula is C18H16Cl2N4O. The second-order valence-corrected chi connectivity index (χ2v) is 6.32. The summed E-state index contributed by atoms with van der Waals surface area (Å²) in [6.45, 7) is 2.04. The van der Waals surface area contributed by atoms with Crippen molar-refractivity contribution in [3.05, 3.63) is 70.5 Å². The van der Waals surface area contributed by atoms with Gasteiger partial charge in [0.15, 0.2) is 0 Å². The fourth-order valence-electron chi connectivity index (χ4n) is 2.31. The summed E-state index contributed by atoms with van der Waals surface area (Å²) in [5.74, 6) is -0.196. The van der Waals surface area contributed by atoms with E-state index in [9.17, 15) is 4.79 Å². The number of aryl methyl sites for hydroxylation is 1. The van der Waals surface area contributed by atoms with E-state index >= 15 is 0 Å². The Hall–Kier alpha value is -2.50. The molecule has 0 bridgehead atoms. The Labute approximate surface area is 155 Å². The maximum atomic E-state index is 12.1. The number of hydrogen-bond acceptors (Lipinski definition) is 3. The van der Waals surface area contributed by atoms with Gasteiger partial charge < -0.3 is 10.6 Å². The van der Waals surface area contributed by atoms with Crippen LogP contribution in [-0.4, -0.2) is 22.2 Å². The quantitative estimate of drug-likeness (QED) is 0.689. The number of benzene rings is 2. The number of amides is 1. The van der Waals surface area contributed by atoms with Gasteiger partial charge in [0.1, 0.15) is 0 Å². The molecule has 0 unspecified atom stereocenters. The molecule has 2 N–H and O–H groups in total. The number of carbonyl (C=O) groups excluding carboxylic acids is 1. The van der Waals surface area contributed by atoms with Crippen molar-refractivity contribution >= 4 is 40.5 Å². The highest BCUT2D eigenvalue weighted by molar-refractivity contribution is 6.34. The van der Waals surface area contributed by atoms with Gasteiger partial charge in [-0.15, -0.1) is 0 Å². The minimum absolute atomic E-state index is 0.0989. The fraction of sp³-hybridized carbons (Fsp3) is 0.111. The minimum Gasteiger partial charge on any atom is -0.376 e. The van der Waals surface area contributed by atoms with Crippen molar-refractivity contribution in [2.75, 3.05) is 17.2 Å². The van der Waals surface area contributed by atoms with Crippen LogP contribution in [-0.2, 0) is 4.79 Å². The average Bonchev–Trinajstić information content (AvgIpc) is 3.10. The molecule has 0 saturated heterocycles. The average molecular weight is 375 g/mol. The standard InChI is InChI=1S/C18H16Cl2N4O/c1-12-3-5-16(14(19)9-12)23-18(25)11-21-13-4-6-17(15(20)10-13)24-8-2-7-22-24/h2-10,21H,11H2,1H3,(H,23,25). The van der Waals surface area contributed by atoms with Crippen molar-refractivity contribution in [1.82, 2.24) is 9.78 Å². The maximum Gasteiger partial charge on any atom is 0.243 e. The van der Waals surface area contributed by atoms with Crippen LogP contribution >= 0.6 is 23.2 Å². The van der Waals surface area contributed by atoms with Gasteiger partial charge in [-0.25, -0.2) is 4.68 Å². The molecule has 1 heterocycles. The number of rotatable bonds is 5. The number of anilines is 2. The number of aromatic nitrogens is 2. The van der Waals surface area contributed by atoms with E-state index in [1.807, 2.05) is 37.4 Å². The van der Waals surface area contributed by atoms with E-state index in [-0.39, 0.29) is 12.5 Å². The number of nitrogens with zero attached hydrogens (tertiary/aromatic N) is 2. The lowest BCUT2D eigenvalue weighted by atomic mass is 10.2. The largest absolute Gasteiger partial charge is 0.376 e. The Morgan fingerprint density at radius 2 is 2.00 bits per heavy atom. The van der Waals surface area contributed by atoms with Crippen LogP contribution in [0.1, 0.15) is 5.56 Å². The number of carbonyl (C=O) groups is 1. The SMILES string of the molecule is Cc1ccc(NC(=O)CNc2ccc(-n3cccn3)c(Cl)c2)c(Cl)c1. The molecule has 7 heteroatoms. The van der Waals surface area contributed by atoms with E-state index in [0.717, 1.165) is 16.9 Å². The molecule has 0 aliphatic rings. The summed E-state index contributed by atoms with van der Waals surface area (Å²) < 4.78 is 1.68. The van der Waals surface area contributed by atoms with Crippen LogP contribution in [0.5, 0.6) is 0 Å². The van der Waals surface area contributed by atoms with E-state index < -0.39 is 0 Å². The van der Waals surface area contributed by atoms with Crippen LogP contribution in [0.15, 0.2) is 54.9 Å². The molecule has 25 heavy (non-hydrogen) atoms. The third-order valence-corrected chi connectivity index (χ3v) is 4.17. The first kappa shape index (κ1) is 17.3. The van der Waals surface area contributed by atoms with Gasteiger partial charge >= 0.3 is 0 Å². The van der Waals surface area contributed by atoms with Crippen molar-refractivity contribution < 1.29 is 4.79 Å². The molecule has 0 aliphatic carbocycles. The van der Waals surface area contributed by atoms with Gasteiger partial charge in [0.2, 0.25) is 5.91 Å². The van der Waals surface area contributed by atoms with Crippen LogP contribution in [0.25, 0.3) is 5.69 Å². The van der Waals surface area contributed by atoms with E-state index in [2.05, 4.69) is 15.7 Å². The lowest BCUT2D eigenvalue weighted by Gasteiger charge is -2.11. The first-order valence-electron chi connectivity index (χ1n) is 7.62. The molecule has 1 amide bonds. The smallest absolute Gasteiger partial charge is 0.243 e. The minimum atomic E-state index is -0.196. The van der Waals surface area contributed by atoms with Crippen LogP contribution in [0.4, 0.5) is 11.4 Å². The highest BCUT2D eigenvalue weighted by atomic mass is 35.5. The Bertz CT molecular complexity index is 894. The van der Waals surface area contributed by atoms with E-state index in [0.29, 0.717) is 15.7 Å². The molecule has 0 aliphatic heterocycles. The second-order valence-electron chi connectivity index (χ2n) is 5.50. The summed E-state index contributed by atoms with van der Waals surface area (Å²) in [7, 11) is 0. The molecule has 3 rings (SSSR count). The molecule has 0 saturated carbocycles. The third kappa shape index (κ3) is 4.32. The summed E-state index contributed by atoms with van der Waals surface area (Å²) in [5, 5.41) is 11.0. The summed E-state index contributed by atoms with van der Waals surface area (Å²) in [6.07, 6.45) is 3.50. The van der Waals surface area contributed by atoms with Crippen molar-refractivity contribution in [1.29, 1.82) is 0 Å². The van der Waals surface area contributed by atoms with Crippen molar-refractivity contribution in [3.8, 4) is 5.69 Å². The molecule has 0 atom stereocenters. The fourth-order valence-corrected chi connectivity index (χ4v) is 2.86. The van der Waals surface area contributed by atoms with Crippen molar-refractivity contribution in [3.63, 3.8) is 0 Å². The van der Waals surface area contributed by atoms with Gasteiger partial charge in [-0.05, 0) is 48.9 Å². The van der Waals surface area contributed by atoms with E-state index in [4.69, 9.17) is 23.2 Å². The summed E-state index contributed by atoms with van der Waals surface area (Å²) in [6, 6.07) is 12.7. The predicted molar refractivity (Wildman–Crippen MR) is 102 cm³/mol. The maximum absolute atomic E-state index is 12.1. The van der Waals surface area contributed by atoms with E-state index in [1.54, 1.807) is 29.1 Å². The Balaban J connectivity index is 1.61. The van der Waals surface area contributed by atoms with Gasteiger partial charge in [0.05, 0.1) is 28.0 Å². The zero-order chi connectivity index (χ0) is 17.8. The van der Waals surface area contributed by atoms with Crippen LogP contribution in [0, 0.1) is 6.92 Å². The van der Waals surface area contributed by atoms with Gasteiger partial charge in [0.25, 0.3) is 0 Å². The van der Waals surface area contributed by atoms with Crippen molar-refractivity contribution in [2.45, 2.75) is 6.92 Å². The first-order valence-corrected chi connectivity index (χ1v) is 8.38. The molecule has 5 nitrogen and oxygen atoms in total. The normalized spacial score (nSPS) is 10.5. The molecule has 128 valence electrons. The Kier molecular flexibility index (Phi) is 5.26. The lowest BCUT2D eigenvalue weighted by molar-refractivity contribution is -0.114. The second kappa shape index (κ2) is 7.59. The molecule has 0 fully saturated rings. The van der Waals surface area contributed by atoms with E-state index in [1.165, 1.54) is 0 Å². The summed E-state index contributed by atoms with van der Waals surface area (Å²) in [4.78, 5) is 12.1. The molecule has 0 spiro atoms. The third-order valence-electron chi connectivity index (χ3n) is 3.55. The van der Waals surface area contributed by atoms with Crippen molar-refractivity contribution in [2.24, 2.45) is 0 Å². The molecule has 0 radical (unpaired) electrons. The number of hydrogen-bond donors (Lipinski definition) is 2. The van der Waals surface area contributed by atoms with Gasteiger partial charge in [-0.3, -0.25) is 4.79 Å². The number of nitrogens with one attached hydrogen (secondary N) is 2. The zero-order valence-electron chi connectivity index (χ0n) is 13.5. The zero-order valence-corrected chi connectivity index (χ0v) is 15.0. The molecule has 2 aromatic carbocycles. The first-order chi connectivity index (χ1) is 12.0. The highest BCUT2D eigenvalue weighted by Crippen LogP contribution is 2.24. The van der Waals surface area contributed by atoms with Gasteiger partial charge in [0, 0.05) is 18.1 Å². The van der Waals surface area contributed by atoms with Crippen LogP contribution in [0.2, 0.25) is 10.0 Å². The molecule has 1 aromatic heterocycles. The predicted octanol–water partition coefficient (Wildman–Crippen LogP) is 4.54. The summed E-state index contributed by atoms with van der Waals surface area (Å²) in [5.41, 5.74) is 3.14. The molecular weight excluding hydrogens is 359 g/mol. The Morgan fingerprint density at radius 3 is 2.68 bits per heavy atom. The highest BCUT2D eigenvalue weighted by Gasteiger charge is 2.08. The van der Waals surface area contributed by atoms with Crippen LogP contribution in [0.3, 0.4) is 0 Å². The molecule has 3 aromatic rings.